The Morgan fingerprint density at radius 3 is 2.40 bits per heavy atom. The molecule has 0 saturated carbocycles. The van der Waals surface area contributed by atoms with Crippen molar-refractivity contribution in [2.75, 3.05) is 17.2 Å². The predicted molar refractivity (Wildman–Crippen MR) is 86.2 cm³/mol. The molecule has 106 valence electrons. The highest BCUT2D eigenvalue weighted by Gasteiger charge is 1.97. The molecule has 0 aliphatic heterocycles. The van der Waals surface area contributed by atoms with Crippen molar-refractivity contribution in [3.05, 3.63) is 53.7 Å². The van der Waals surface area contributed by atoms with Crippen LogP contribution in [0.25, 0.3) is 0 Å². The summed E-state index contributed by atoms with van der Waals surface area (Å²) in [6, 6.07) is 12.8. The van der Waals surface area contributed by atoms with Gasteiger partial charge in [0.25, 0.3) is 0 Å². The van der Waals surface area contributed by atoms with E-state index in [9.17, 15) is 0 Å². The van der Waals surface area contributed by atoms with E-state index in [2.05, 4.69) is 59.8 Å². The molecule has 0 atom stereocenters. The Hall–Kier alpha value is -2.03. The molecule has 0 aliphatic rings. The van der Waals surface area contributed by atoms with Gasteiger partial charge in [-0.3, -0.25) is 0 Å². The number of rotatable bonds is 7. The number of pyridine rings is 1. The Morgan fingerprint density at radius 2 is 1.70 bits per heavy atom. The van der Waals surface area contributed by atoms with Crippen molar-refractivity contribution in [3.8, 4) is 0 Å². The molecule has 0 aliphatic carbocycles. The van der Waals surface area contributed by atoms with Gasteiger partial charge in [-0.1, -0.05) is 38.1 Å². The first kappa shape index (κ1) is 14.4. The summed E-state index contributed by atoms with van der Waals surface area (Å²) in [5, 5.41) is 6.73. The lowest BCUT2D eigenvalue weighted by atomic mass is 10.1. The van der Waals surface area contributed by atoms with E-state index >= 15 is 0 Å². The third kappa shape index (κ3) is 4.26. The van der Waals surface area contributed by atoms with Crippen LogP contribution in [0.4, 0.5) is 11.5 Å². The Balaban J connectivity index is 1.92. The highest BCUT2D eigenvalue weighted by atomic mass is 15.0. The van der Waals surface area contributed by atoms with Crippen LogP contribution in [0, 0.1) is 0 Å². The van der Waals surface area contributed by atoms with Gasteiger partial charge in [0.1, 0.15) is 5.82 Å². The van der Waals surface area contributed by atoms with Gasteiger partial charge in [0.2, 0.25) is 0 Å². The molecule has 20 heavy (non-hydrogen) atoms. The number of hydrogen-bond acceptors (Lipinski definition) is 3. The highest BCUT2D eigenvalue weighted by molar-refractivity contribution is 5.52. The zero-order valence-electron chi connectivity index (χ0n) is 12.3. The summed E-state index contributed by atoms with van der Waals surface area (Å²) in [7, 11) is 0. The summed E-state index contributed by atoms with van der Waals surface area (Å²) in [6.07, 6.45) is 4.02. The largest absolute Gasteiger partial charge is 0.381 e. The molecule has 0 fully saturated rings. The summed E-state index contributed by atoms with van der Waals surface area (Å²) in [4.78, 5) is 4.30. The van der Waals surface area contributed by atoms with Crippen LogP contribution < -0.4 is 10.6 Å². The molecule has 0 saturated heterocycles. The SMILES string of the molecule is CCCNc1cc(NCc2ccc(CC)cc2)ccn1. The topological polar surface area (TPSA) is 37.0 Å². The number of aryl methyl sites for hydroxylation is 1. The molecule has 3 nitrogen and oxygen atoms in total. The Morgan fingerprint density at radius 1 is 0.950 bits per heavy atom. The average Bonchev–Trinajstić information content (AvgIpc) is 2.52. The number of benzene rings is 1. The molecule has 2 N–H and O–H groups in total. The summed E-state index contributed by atoms with van der Waals surface area (Å²) >= 11 is 0. The van der Waals surface area contributed by atoms with E-state index in [-0.39, 0.29) is 0 Å². The van der Waals surface area contributed by atoms with Crippen molar-refractivity contribution in [1.29, 1.82) is 0 Å². The van der Waals surface area contributed by atoms with Crippen LogP contribution in [0.3, 0.4) is 0 Å². The number of nitrogens with one attached hydrogen (secondary N) is 2. The van der Waals surface area contributed by atoms with Crippen molar-refractivity contribution < 1.29 is 0 Å². The van der Waals surface area contributed by atoms with Crippen LogP contribution in [-0.2, 0) is 13.0 Å². The molecule has 0 bridgehead atoms. The second-order valence-corrected chi connectivity index (χ2v) is 4.88. The van der Waals surface area contributed by atoms with Crippen LogP contribution >= 0.6 is 0 Å². The minimum atomic E-state index is 0.835. The van der Waals surface area contributed by atoms with Crippen molar-refractivity contribution in [1.82, 2.24) is 4.98 Å². The van der Waals surface area contributed by atoms with Crippen LogP contribution in [0.2, 0.25) is 0 Å². The number of anilines is 2. The summed E-state index contributed by atoms with van der Waals surface area (Å²) in [5.74, 6) is 0.929. The van der Waals surface area contributed by atoms with Gasteiger partial charge < -0.3 is 10.6 Å². The average molecular weight is 269 g/mol. The Bertz CT molecular complexity index is 520. The second-order valence-electron chi connectivity index (χ2n) is 4.88. The van der Waals surface area contributed by atoms with Crippen molar-refractivity contribution in [2.45, 2.75) is 33.2 Å². The monoisotopic (exact) mass is 269 g/mol. The smallest absolute Gasteiger partial charge is 0.127 e. The van der Waals surface area contributed by atoms with Crippen LogP contribution in [0.5, 0.6) is 0 Å². The highest BCUT2D eigenvalue weighted by Crippen LogP contribution is 2.14. The zero-order chi connectivity index (χ0) is 14.2. The minimum Gasteiger partial charge on any atom is -0.381 e. The quantitative estimate of drug-likeness (QED) is 0.795. The minimum absolute atomic E-state index is 0.835. The van der Waals surface area contributed by atoms with Gasteiger partial charge in [-0.25, -0.2) is 4.98 Å². The van der Waals surface area contributed by atoms with Crippen LogP contribution in [0.15, 0.2) is 42.6 Å². The fourth-order valence-corrected chi connectivity index (χ4v) is 1.99. The maximum Gasteiger partial charge on any atom is 0.127 e. The molecule has 1 aromatic carbocycles. The van der Waals surface area contributed by atoms with Gasteiger partial charge in [0.05, 0.1) is 0 Å². The van der Waals surface area contributed by atoms with Crippen molar-refractivity contribution >= 4 is 11.5 Å². The molecule has 3 heteroatoms. The van der Waals surface area contributed by atoms with Gasteiger partial charge in [0.15, 0.2) is 0 Å². The number of nitrogens with zero attached hydrogens (tertiary/aromatic N) is 1. The Labute approximate surface area is 121 Å². The Kier molecular flexibility index (Phi) is 5.42. The molecule has 0 unspecified atom stereocenters. The fourth-order valence-electron chi connectivity index (χ4n) is 1.99. The second kappa shape index (κ2) is 7.53. The van der Waals surface area contributed by atoms with Crippen molar-refractivity contribution in [3.63, 3.8) is 0 Å². The normalized spacial score (nSPS) is 10.3. The number of aromatic nitrogens is 1. The zero-order valence-corrected chi connectivity index (χ0v) is 12.3. The molecule has 2 aromatic rings. The molecule has 0 amide bonds. The number of hydrogen-bond donors (Lipinski definition) is 2. The molecular weight excluding hydrogens is 246 g/mol. The molecular formula is C17H23N3. The van der Waals surface area contributed by atoms with Gasteiger partial charge in [0, 0.05) is 31.0 Å². The van der Waals surface area contributed by atoms with E-state index in [1.807, 2.05) is 12.3 Å². The first-order valence-corrected chi connectivity index (χ1v) is 7.33. The van der Waals surface area contributed by atoms with E-state index in [1.165, 1.54) is 11.1 Å². The summed E-state index contributed by atoms with van der Waals surface area (Å²) in [6.45, 7) is 6.11. The fraction of sp³-hybridized carbons (Fsp3) is 0.353. The first-order chi connectivity index (χ1) is 9.81. The summed E-state index contributed by atoms with van der Waals surface area (Å²) < 4.78 is 0. The molecule has 0 spiro atoms. The lowest BCUT2D eigenvalue weighted by Crippen LogP contribution is -2.04. The third-order valence-electron chi connectivity index (χ3n) is 3.24. The van der Waals surface area contributed by atoms with Gasteiger partial charge >= 0.3 is 0 Å². The molecule has 1 aromatic heterocycles. The standard InChI is InChI=1S/C17H23N3/c1-3-10-18-17-12-16(9-11-19-17)20-13-15-7-5-14(4-2)6-8-15/h5-9,11-12H,3-4,10,13H2,1-2H3,(H2,18,19,20). The molecule has 1 heterocycles. The van der Waals surface area contributed by atoms with Gasteiger partial charge in [-0.15, -0.1) is 0 Å². The van der Waals surface area contributed by atoms with E-state index < -0.39 is 0 Å². The third-order valence-corrected chi connectivity index (χ3v) is 3.24. The maximum atomic E-state index is 4.30. The predicted octanol–water partition coefficient (Wildman–Crippen LogP) is 4.08. The lowest BCUT2D eigenvalue weighted by Gasteiger charge is -2.09. The van der Waals surface area contributed by atoms with E-state index in [0.29, 0.717) is 0 Å². The van der Waals surface area contributed by atoms with Crippen LogP contribution in [0.1, 0.15) is 31.4 Å². The molecule has 2 rings (SSSR count). The van der Waals surface area contributed by atoms with E-state index in [0.717, 1.165) is 37.4 Å². The summed E-state index contributed by atoms with van der Waals surface area (Å²) in [5.41, 5.74) is 3.77. The van der Waals surface area contributed by atoms with Gasteiger partial charge in [-0.2, -0.15) is 0 Å². The van der Waals surface area contributed by atoms with E-state index in [1.54, 1.807) is 0 Å². The maximum absolute atomic E-state index is 4.30. The van der Waals surface area contributed by atoms with Crippen molar-refractivity contribution in [2.24, 2.45) is 0 Å². The first-order valence-electron chi connectivity index (χ1n) is 7.33. The lowest BCUT2D eigenvalue weighted by molar-refractivity contribution is 0.969. The van der Waals surface area contributed by atoms with Gasteiger partial charge in [-0.05, 0) is 30.0 Å². The molecule has 0 radical (unpaired) electrons. The van der Waals surface area contributed by atoms with E-state index in [4.69, 9.17) is 0 Å². The van der Waals surface area contributed by atoms with Crippen LogP contribution in [-0.4, -0.2) is 11.5 Å².